The maximum Gasteiger partial charge on any atom is 0.267 e. The number of nitrogens with two attached hydrogens (primary N) is 2. The Morgan fingerprint density at radius 2 is 2.41 bits per heavy atom. The summed E-state index contributed by atoms with van der Waals surface area (Å²) in [5, 5.41) is 0. The molecule has 1 atom stereocenters. The van der Waals surface area contributed by atoms with Crippen LogP contribution in [0, 0.1) is 5.92 Å². The summed E-state index contributed by atoms with van der Waals surface area (Å²) in [6.45, 7) is 2.74. The maximum absolute atomic E-state index is 11.1. The highest BCUT2D eigenvalue weighted by Crippen LogP contribution is 2.25. The van der Waals surface area contributed by atoms with Crippen LogP contribution in [-0.2, 0) is 0 Å². The van der Waals surface area contributed by atoms with Gasteiger partial charge in [0.1, 0.15) is 5.69 Å². The van der Waals surface area contributed by atoms with Crippen molar-refractivity contribution in [2.75, 3.05) is 24.5 Å². The monoisotopic (exact) mass is 234 g/mol. The third-order valence-corrected chi connectivity index (χ3v) is 3.22. The van der Waals surface area contributed by atoms with Gasteiger partial charge in [-0.1, -0.05) is 0 Å². The second kappa shape index (κ2) is 5.14. The minimum atomic E-state index is -0.482. The van der Waals surface area contributed by atoms with Gasteiger partial charge in [0.15, 0.2) is 0 Å². The second-order valence-electron chi connectivity index (χ2n) is 4.44. The molecule has 5 nitrogen and oxygen atoms in total. The van der Waals surface area contributed by atoms with Crippen molar-refractivity contribution in [3.8, 4) is 0 Å². The molecule has 1 aromatic rings. The Morgan fingerprint density at radius 3 is 3.12 bits per heavy atom. The van der Waals surface area contributed by atoms with Crippen LogP contribution in [0.25, 0.3) is 0 Å². The van der Waals surface area contributed by atoms with Gasteiger partial charge in [0.25, 0.3) is 5.91 Å². The third-order valence-electron chi connectivity index (χ3n) is 3.22. The summed E-state index contributed by atoms with van der Waals surface area (Å²) in [5.41, 5.74) is 12.1. The molecule has 0 aromatic carbocycles. The van der Waals surface area contributed by atoms with E-state index in [2.05, 4.69) is 9.88 Å². The van der Waals surface area contributed by atoms with Crippen LogP contribution in [-0.4, -0.2) is 30.5 Å². The number of carbonyl (C=O) groups excluding carboxylic acids is 1. The minimum Gasteiger partial charge on any atom is -0.371 e. The van der Waals surface area contributed by atoms with Crippen LogP contribution in [0.5, 0.6) is 0 Å². The van der Waals surface area contributed by atoms with Gasteiger partial charge in [0, 0.05) is 25.0 Å². The molecule has 17 heavy (non-hydrogen) atoms. The number of pyridine rings is 1. The average Bonchev–Trinajstić information content (AvgIpc) is 2.78. The smallest absolute Gasteiger partial charge is 0.267 e. The summed E-state index contributed by atoms with van der Waals surface area (Å²) >= 11 is 0. The Kier molecular flexibility index (Phi) is 3.58. The molecule has 92 valence electrons. The summed E-state index contributed by atoms with van der Waals surface area (Å²) in [7, 11) is 0. The van der Waals surface area contributed by atoms with E-state index < -0.39 is 5.91 Å². The van der Waals surface area contributed by atoms with Crippen molar-refractivity contribution in [3.05, 3.63) is 24.0 Å². The molecule has 1 unspecified atom stereocenters. The van der Waals surface area contributed by atoms with Crippen LogP contribution in [0.15, 0.2) is 18.3 Å². The molecule has 0 bridgehead atoms. The van der Waals surface area contributed by atoms with Crippen LogP contribution in [0.1, 0.15) is 23.3 Å². The third kappa shape index (κ3) is 2.74. The van der Waals surface area contributed by atoms with Gasteiger partial charge in [-0.2, -0.15) is 0 Å². The number of primary amides is 1. The number of anilines is 1. The first kappa shape index (κ1) is 11.9. The predicted molar refractivity (Wildman–Crippen MR) is 66.7 cm³/mol. The van der Waals surface area contributed by atoms with Crippen LogP contribution in [0.3, 0.4) is 0 Å². The lowest BCUT2D eigenvalue weighted by molar-refractivity contribution is 0.0995. The van der Waals surface area contributed by atoms with E-state index in [4.69, 9.17) is 11.5 Å². The van der Waals surface area contributed by atoms with E-state index in [1.165, 1.54) is 0 Å². The highest BCUT2D eigenvalue weighted by molar-refractivity contribution is 5.91. The Labute approximate surface area is 101 Å². The normalized spacial score (nSPS) is 19.6. The highest BCUT2D eigenvalue weighted by Gasteiger charge is 2.22. The fourth-order valence-corrected chi connectivity index (χ4v) is 2.29. The number of amides is 1. The van der Waals surface area contributed by atoms with Gasteiger partial charge in [-0.05, 0) is 37.4 Å². The molecule has 1 aliphatic heterocycles. The van der Waals surface area contributed by atoms with E-state index in [0.717, 1.165) is 38.2 Å². The topological polar surface area (TPSA) is 85.2 Å². The molecule has 0 spiro atoms. The molecule has 2 heterocycles. The van der Waals surface area contributed by atoms with E-state index in [-0.39, 0.29) is 0 Å². The molecular weight excluding hydrogens is 216 g/mol. The zero-order valence-electron chi connectivity index (χ0n) is 9.80. The predicted octanol–water partition coefficient (Wildman–Crippen LogP) is 0.356. The van der Waals surface area contributed by atoms with Crippen molar-refractivity contribution >= 4 is 11.6 Å². The zero-order valence-corrected chi connectivity index (χ0v) is 9.80. The van der Waals surface area contributed by atoms with E-state index in [1.54, 1.807) is 12.3 Å². The lowest BCUT2D eigenvalue weighted by Crippen LogP contribution is -2.21. The summed E-state index contributed by atoms with van der Waals surface area (Å²) < 4.78 is 0. The molecule has 1 aromatic heterocycles. The quantitative estimate of drug-likeness (QED) is 0.787. The molecular formula is C12H18N4O. The van der Waals surface area contributed by atoms with E-state index in [1.807, 2.05) is 6.07 Å². The van der Waals surface area contributed by atoms with Gasteiger partial charge < -0.3 is 16.4 Å². The fraction of sp³-hybridized carbons (Fsp3) is 0.500. The summed E-state index contributed by atoms with van der Waals surface area (Å²) in [5.74, 6) is 0.176. The lowest BCUT2D eigenvalue weighted by atomic mass is 10.1. The molecule has 2 rings (SSSR count). The maximum atomic E-state index is 11.1. The Balaban J connectivity index is 2.08. The number of rotatable bonds is 4. The molecule has 1 saturated heterocycles. The van der Waals surface area contributed by atoms with Crippen LogP contribution in [0.2, 0.25) is 0 Å². The summed E-state index contributed by atoms with van der Waals surface area (Å²) in [6.07, 6.45) is 3.85. The van der Waals surface area contributed by atoms with Crippen LogP contribution >= 0.6 is 0 Å². The fourth-order valence-electron chi connectivity index (χ4n) is 2.29. The summed E-state index contributed by atoms with van der Waals surface area (Å²) in [6, 6.07) is 3.67. The van der Waals surface area contributed by atoms with E-state index in [9.17, 15) is 4.79 Å². The second-order valence-corrected chi connectivity index (χ2v) is 4.44. The Hall–Kier alpha value is -1.62. The largest absolute Gasteiger partial charge is 0.371 e. The molecule has 1 amide bonds. The van der Waals surface area contributed by atoms with Crippen molar-refractivity contribution in [1.29, 1.82) is 0 Å². The Morgan fingerprint density at radius 1 is 1.59 bits per heavy atom. The van der Waals surface area contributed by atoms with Crippen molar-refractivity contribution in [3.63, 3.8) is 0 Å². The van der Waals surface area contributed by atoms with Crippen LogP contribution < -0.4 is 16.4 Å². The van der Waals surface area contributed by atoms with Gasteiger partial charge in [-0.25, -0.2) is 0 Å². The first-order chi connectivity index (χ1) is 8.20. The van der Waals surface area contributed by atoms with Crippen LogP contribution in [0.4, 0.5) is 5.69 Å². The first-order valence-electron chi connectivity index (χ1n) is 5.91. The van der Waals surface area contributed by atoms with Crippen molar-refractivity contribution < 1.29 is 4.79 Å². The zero-order chi connectivity index (χ0) is 12.3. The number of nitrogens with zero attached hydrogens (tertiary/aromatic N) is 2. The number of hydrogen-bond donors (Lipinski definition) is 2. The molecule has 5 heteroatoms. The van der Waals surface area contributed by atoms with Gasteiger partial charge in [0.05, 0.1) is 0 Å². The molecule has 1 fully saturated rings. The van der Waals surface area contributed by atoms with E-state index >= 15 is 0 Å². The SMILES string of the molecule is NCCC1CCN(c2ccnc(C(N)=O)c2)C1. The van der Waals surface area contributed by atoms with Crippen molar-refractivity contribution in [1.82, 2.24) is 4.98 Å². The van der Waals surface area contributed by atoms with Gasteiger partial charge in [-0.3, -0.25) is 9.78 Å². The standard InChI is InChI=1S/C12H18N4O/c13-4-1-9-3-6-16(8-9)10-2-5-15-11(7-10)12(14)17/h2,5,7,9H,1,3-4,6,8,13H2,(H2,14,17). The highest BCUT2D eigenvalue weighted by atomic mass is 16.1. The number of hydrogen-bond acceptors (Lipinski definition) is 4. The minimum absolute atomic E-state index is 0.324. The van der Waals surface area contributed by atoms with Crippen molar-refractivity contribution in [2.45, 2.75) is 12.8 Å². The van der Waals surface area contributed by atoms with Crippen molar-refractivity contribution in [2.24, 2.45) is 17.4 Å². The van der Waals surface area contributed by atoms with Gasteiger partial charge in [0.2, 0.25) is 0 Å². The number of aromatic nitrogens is 1. The molecule has 4 N–H and O–H groups in total. The molecule has 0 aliphatic carbocycles. The number of carbonyl (C=O) groups is 1. The molecule has 0 radical (unpaired) electrons. The lowest BCUT2D eigenvalue weighted by Gasteiger charge is -2.18. The average molecular weight is 234 g/mol. The van der Waals surface area contributed by atoms with Gasteiger partial charge in [-0.15, -0.1) is 0 Å². The van der Waals surface area contributed by atoms with Gasteiger partial charge >= 0.3 is 0 Å². The molecule has 0 saturated carbocycles. The first-order valence-corrected chi connectivity index (χ1v) is 5.91. The Bertz CT molecular complexity index is 407. The molecule has 1 aliphatic rings. The summed E-state index contributed by atoms with van der Waals surface area (Å²) in [4.78, 5) is 17.3. The van der Waals surface area contributed by atoms with E-state index in [0.29, 0.717) is 11.6 Å².